The fourth-order valence-corrected chi connectivity index (χ4v) is 4.61. The monoisotopic (exact) mass is 527 g/mol. The largest absolute Gasteiger partial charge is 0.489 e. The summed E-state index contributed by atoms with van der Waals surface area (Å²) in [5, 5.41) is 15.1. The minimum Gasteiger partial charge on any atom is -0.489 e. The average Bonchev–Trinajstić information content (AvgIpc) is 2.96. The molecule has 0 aliphatic rings. The Morgan fingerprint density at radius 2 is 1.71 bits per heavy atom. The highest BCUT2D eigenvalue weighted by Crippen LogP contribution is 2.33. The summed E-state index contributed by atoms with van der Waals surface area (Å²) < 4.78 is 9.75. The van der Waals surface area contributed by atoms with Crippen LogP contribution in [0.25, 0.3) is 11.1 Å². The molecule has 0 unspecified atom stereocenters. The van der Waals surface area contributed by atoms with Gasteiger partial charge >= 0.3 is 0 Å². The lowest BCUT2D eigenvalue weighted by Gasteiger charge is -2.17. The van der Waals surface area contributed by atoms with Crippen molar-refractivity contribution in [3.8, 4) is 16.9 Å². The molecular formula is C31H33N3O3S. The fourth-order valence-electron chi connectivity index (χ4n) is 3.94. The molecule has 0 aromatic heterocycles. The van der Waals surface area contributed by atoms with Gasteiger partial charge in [-0.15, -0.1) is 0 Å². The summed E-state index contributed by atoms with van der Waals surface area (Å²) in [4.78, 5) is 9.47. The Morgan fingerprint density at radius 3 is 2.39 bits per heavy atom. The van der Waals surface area contributed by atoms with Gasteiger partial charge in [-0.25, -0.2) is 0 Å². The predicted molar refractivity (Wildman–Crippen MR) is 157 cm³/mol. The summed E-state index contributed by atoms with van der Waals surface area (Å²) in [7, 11) is 0. The molecule has 0 amide bonds. The topological polar surface area (TPSA) is 108 Å². The van der Waals surface area contributed by atoms with Crippen LogP contribution in [0.1, 0.15) is 34.7 Å². The Kier molecular flexibility index (Phi) is 11.0. The first-order valence-corrected chi connectivity index (χ1v) is 13.1. The molecule has 38 heavy (non-hydrogen) atoms. The number of anilines is 1. The number of carbonyl (C=O) groups is 1. The SMILES string of the molecule is CCc1ccccc1OCc1cc(-c2cccc(CN)c2)cc(NSc2ccc(C)cc2)c1C=N.O=CO. The molecule has 0 radical (unpaired) electrons. The molecule has 0 aliphatic carbocycles. The first-order valence-electron chi connectivity index (χ1n) is 12.3. The zero-order valence-electron chi connectivity index (χ0n) is 21.6. The van der Waals surface area contributed by atoms with Gasteiger partial charge in [-0.3, -0.25) is 4.79 Å². The maximum absolute atomic E-state index is 8.36. The minimum absolute atomic E-state index is 0.250. The average molecular weight is 528 g/mol. The second-order valence-corrected chi connectivity index (χ2v) is 9.40. The summed E-state index contributed by atoms with van der Waals surface area (Å²) in [5.74, 6) is 0.880. The van der Waals surface area contributed by atoms with Gasteiger partial charge < -0.3 is 25.7 Å². The van der Waals surface area contributed by atoms with E-state index in [9.17, 15) is 0 Å². The summed E-state index contributed by atoms with van der Waals surface area (Å²) in [6.45, 7) is 4.82. The van der Waals surface area contributed by atoms with Crippen molar-refractivity contribution in [2.24, 2.45) is 5.73 Å². The summed E-state index contributed by atoms with van der Waals surface area (Å²) in [5.41, 5.74) is 14.2. The van der Waals surface area contributed by atoms with E-state index < -0.39 is 0 Å². The number of para-hydroxylation sites is 1. The van der Waals surface area contributed by atoms with Gasteiger partial charge in [0.25, 0.3) is 6.47 Å². The van der Waals surface area contributed by atoms with Crippen molar-refractivity contribution in [1.29, 1.82) is 5.41 Å². The zero-order chi connectivity index (χ0) is 27.3. The van der Waals surface area contributed by atoms with Crippen molar-refractivity contribution < 1.29 is 14.6 Å². The molecule has 0 saturated carbocycles. The predicted octanol–water partition coefficient (Wildman–Crippen LogP) is 7.08. The summed E-state index contributed by atoms with van der Waals surface area (Å²) >= 11 is 1.54. The molecule has 4 aromatic rings. The molecule has 0 aliphatic heterocycles. The Bertz CT molecular complexity index is 1360. The van der Waals surface area contributed by atoms with E-state index in [1.54, 1.807) is 0 Å². The number of benzene rings is 4. The number of ether oxygens (including phenoxy) is 1. The molecule has 6 nitrogen and oxygen atoms in total. The molecule has 0 heterocycles. The van der Waals surface area contributed by atoms with Crippen molar-refractivity contribution in [2.75, 3.05) is 4.72 Å². The first-order chi connectivity index (χ1) is 18.5. The molecule has 0 atom stereocenters. The van der Waals surface area contributed by atoms with Gasteiger partial charge in [0.05, 0.1) is 5.69 Å². The van der Waals surface area contributed by atoms with Crippen LogP contribution in [0.5, 0.6) is 5.75 Å². The van der Waals surface area contributed by atoms with E-state index in [2.05, 4.69) is 73.2 Å². The third-order valence-electron chi connectivity index (χ3n) is 5.94. The molecule has 5 N–H and O–H groups in total. The maximum atomic E-state index is 8.36. The van der Waals surface area contributed by atoms with E-state index in [0.29, 0.717) is 13.2 Å². The highest BCUT2D eigenvalue weighted by atomic mass is 32.2. The summed E-state index contributed by atoms with van der Waals surface area (Å²) in [6.07, 6.45) is 2.31. The molecule has 196 valence electrons. The lowest BCUT2D eigenvalue weighted by atomic mass is 9.97. The number of nitrogens with two attached hydrogens (primary N) is 1. The van der Waals surface area contributed by atoms with Crippen LogP contribution in [0.4, 0.5) is 5.69 Å². The van der Waals surface area contributed by atoms with Gasteiger partial charge in [-0.1, -0.05) is 61.0 Å². The Hall–Kier alpha value is -4.07. The van der Waals surface area contributed by atoms with Crippen LogP contribution in [-0.4, -0.2) is 17.8 Å². The summed E-state index contributed by atoms with van der Waals surface area (Å²) in [6, 6.07) is 29.0. The van der Waals surface area contributed by atoms with E-state index in [-0.39, 0.29) is 6.47 Å². The minimum atomic E-state index is -0.250. The normalized spacial score (nSPS) is 10.2. The third kappa shape index (κ3) is 7.71. The van der Waals surface area contributed by atoms with Crippen LogP contribution < -0.4 is 15.2 Å². The Labute approximate surface area is 228 Å². The smallest absolute Gasteiger partial charge is 0.290 e. The van der Waals surface area contributed by atoms with Crippen molar-refractivity contribution in [3.63, 3.8) is 0 Å². The second kappa shape index (κ2) is 14.6. The lowest BCUT2D eigenvalue weighted by Crippen LogP contribution is -2.05. The van der Waals surface area contributed by atoms with Crippen LogP contribution in [-0.2, 0) is 24.4 Å². The van der Waals surface area contributed by atoms with Gasteiger partial charge in [0.2, 0.25) is 0 Å². The number of hydrogen-bond acceptors (Lipinski definition) is 6. The Morgan fingerprint density at radius 1 is 0.974 bits per heavy atom. The van der Waals surface area contributed by atoms with E-state index in [1.165, 1.54) is 29.3 Å². The van der Waals surface area contributed by atoms with E-state index in [1.807, 2.05) is 30.3 Å². The third-order valence-corrected chi connectivity index (χ3v) is 6.77. The number of carboxylic acid groups (broad SMARTS) is 1. The molecule has 4 rings (SSSR count). The number of hydrogen-bond donors (Lipinski definition) is 4. The van der Waals surface area contributed by atoms with Gasteiger partial charge in [0.15, 0.2) is 0 Å². The van der Waals surface area contributed by atoms with E-state index in [4.69, 9.17) is 25.8 Å². The van der Waals surface area contributed by atoms with Crippen LogP contribution in [0.15, 0.2) is 89.8 Å². The maximum Gasteiger partial charge on any atom is 0.290 e. The highest BCUT2D eigenvalue weighted by molar-refractivity contribution is 8.00. The van der Waals surface area contributed by atoms with Gasteiger partial charge in [0, 0.05) is 28.8 Å². The molecule has 0 saturated heterocycles. The fraction of sp³-hybridized carbons (Fsp3) is 0.161. The van der Waals surface area contributed by atoms with Crippen molar-refractivity contribution in [3.05, 3.63) is 113 Å². The van der Waals surface area contributed by atoms with Crippen LogP contribution in [0.3, 0.4) is 0 Å². The van der Waals surface area contributed by atoms with Gasteiger partial charge in [0.1, 0.15) is 12.4 Å². The van der Waals surface area contributed by atoms with Crippen LogP contribution >= 0.6 is 11.9 Å². The molecule has 7 heteroatoms. The van der Waals surface area contributed by atoms with Crippen LogP contribution in [0.2, 0.25) is 0 Å². The van der Waals surface area contributed by atoms with E-state index in [0.717, 1.165) is 50.6 Å². The first kappa shape index (κ1) is 28.5. The molecule has 0 spiro atoms. The van der Waals surface area contributed by atoms with Crippen LogP contribution in [0, 0.1) is 12.3 Å². The van der Waals surface area contributed by atoms with Gasteiger partial charge in [-0.2, -0.15) is 0 Å². The van der Waals surface area contributed by atoms with Gasteiger partial charge in [-0.05, 0) is 83.9 Å². The number of nitrogens with one attached hydrogen (secondary N) is 2. The lowest BCUT2D eigenvalue weighted by molar-refractivity contribution is -0.122. The van der Waals surface area contributed by atoms with Crippen molar-refractivity contribution in [1.82, 2.24) is 0 Å². The highest BCUT2D eigenvalue weighted by Gasteiger charge is 2.13. The van der Waals surface area contributed by atoms with Crippen molar-refractivity contribution >= 4 is 30.3 Å². The number of aryl methyl sites for hydroxylation is 2. The molecular weight excluding hydrogens is 494 g/mol. The quantitative estimate of drug-likeness (QED) is 0.0997. The number of rotatable bonds is 10. The Balaban J connectivity index is 0.00000127. The molecule has 0 bridgehead atoms. The molecule has 4 aromatic carbocycles. The standard InChI is InChI=1S/C30H31N3OS.CH2O2/c1-3-23-8-4-5-10-30(23)34-20-26-16-25(24-9-6-7-22(15-24)18-31)17-29(28(26)19-32)33-35-27-13-11-21(2)12-14-27;2-1-3/h4-17,19,32-33H,3,18,20,31H2,1-2H3;1H,(H,2,3). The van der Waals surface area contributed by atoms with Crippen molar-refractivity contribution in [2.45, 2.75) is 38.3 Å². The molecule has 0 fully saturated rings. The zero-order valence-corrected chi connectivity index (χ0v) is 22.4. The van der Waals surface area contributed by atoms with E-state index >= 15 is 0 Å². The second-order valence-electron chi connectivity index (χ2n) is 8.52.